The molecule has 8 heteroatoms. The van der Waals surface area contributed by atoms with Crippen LogP contribution in [0.2, 0.25) is 0 Å². The first-order chi connectivity index (χ1) is 9.05. The van der Waals surface area contributed by atoms with E-state index < -0.39 is 10.0 Å². The van der Waals surface area contributed by atoms with Crippen molar-refractivity contribution in [2.24, 2.45) is 0 Å². The summed E-state index contributed by atoms with van der Waals surface area (Å²) in [6.07, 6.45) is 1.56. The molecule has 0 amide bonds. The molecule has 19 heavy (non-hydrogen) atoms. The molecule has 0 aliphatic heterocycles. The molecule has 0 aliphatic rings. The summed E-state index contributed by atoms with van der Waals surface area (Å²) in [6, 6.07) is 7.37. The zero-order valence-corrected chi connectivity index (χ0v) is 12.4. The van der Waals surface area contributed by atoms with Gasteiger partial charge in [0.25, 0.3) is 0 Å². The summed E-state index contributed by atoms with van der Waals surface area (Å²) in [6.45, 7) is 0. The minimum absolute atomic E-state index is 0.0338. The van der Waals surface area contributed by atoms with Gasteiger partial charge < -0.3 is 5.73 Å². The number of aromatic nitrogens is 1. The molecule has 0 saturated heterocycles. The highest BCUT2D eigenvalue weighted by Crippen LogP contribution is 2.20. The van der Waals surface area contributed by atoms with Crippen LogP contribution in [-0.4, -0.2) is 24.9 Å². The maximum atomic E-state index is 11.8. The van der Waals surface area contributed by atoms with Gasteiger partial charge in [0, 0.05) is 27.9 Å². The van der Waals surface area contributed by atoms with Gasteiger partial charge in [-0.3, -0.25) is 4.72 Å². The number of hydrogen-bond acceptors (Lipinski definition) is 6. The van der Waals surface area contributed by atoms with Crippen LogP contribution in [0, 0.1) is 0 Å². The van der Waals surface area contributed by atoms with E-state index in [1.165, 1.54) is 23.1 Å². The molecule has 0 bridgehead atoms. The molecule has 0 spiro atoms. The van der Waals surface area contributed by atoms with E-state index >= 15 is 0 Å². The van der Waals surface area contributed by atoms with Crippen molar-refractivity contribution in [3.8, 4) is 0 Å². The van der Waals surface area contributed by atoms with Crippen molar-refractivity contribution in [2.75, 3.05) is 22.0 Å². The molecule has 1 aromatic carbocycles. The first kappa shape index (κ1) is 14.2. The van der Waals surface area contributed by atoms with Crippen molar-refractivity contribution < 1.29 is 8.42 Å². The third-order valence-electron chi connectivity index (χ3n) is 2.15. The summed E-state index contributed by atoms with van der Waals surface area (Å²) in [5, 5.41) is 2.12. The van der Waals surface area contributed by atoms with Crippen LogP contribution in [0.4, 0.5) is 10.8 Å². The van der Waals surface area contributed by atoms with Crippen LogP contribution in [0.1, 0.15) is 0 Å². The number of nitrogens with two attached hydrogens (primary N) is 1. The minimum Gasteiger partial charge on any atom is -0.399 e. The Kier molecular flexibility index (Phi) is 4.67. The van der Waals surface area contributed by atoms with Gasteiger partial charge in [-0.25, -0.2) is 13.4 Å². The lowest BCUT2D eigenvalue weighted by atomic mass is 10.3. The molecule has 1 heterocycles. The van der Waals surface area contributed by atoms with E-state index in [0.29, 0.717) is 16.6 Å². The van der Waals surface area contributed by atoms with Crippen LogP contribution in [-0.2, 0) is 10.0 Å². The second-order valence-corrected chi connectivity index (χ2v) is 7.58. The first-order valence-corrected chi connectivity index (χ1v) is 8.95. The van der Waals surface area contributed by atoms with Gasteiger partial charge in [-0.15, -0.1) is 23.1 Å². The highest BCUT2D eigenvalue weighted by atomic mass is 32.2. The molecule has 0 fully saturated rings. The van der Waals surface area contributed by atoms with Gasteiger partial charge in [0.2, 0.25) is 10.0 Å². The van der Waals surface area contributed by atoms with Crippen molar-refractivity contribution in [3.05, 3.63) is 35.8 Å². The van der Waals surface area contributed by atoms with Crippen LogP contribution in [0.5, 0.6) is 0 Å². The number of anilines is 2. The number of rotatable bonds is 6. The largest absolute Gasteiger partial charge is 0.399 e. The number of thioether (sulfide) groups is 1. The molecule has 102 valence electrons. The normalized spacial score (nSPS) is 11.4. The smallest absolute Gasteiger partial charge is 0.235 e. The third-order valence-corrected chi connectivity index (χ3v) is 5.47. The highest BCUT2D eigenvalue weighted by molar-refractivity contribution is 8.01. The second kappa shape index (κ2) is 6.27. The molecule has 1 aromatic heterocycles. The zero-order chi connectivity index (χ0) is 13.7. The van der Waals surface area contributed by atoms with Crippen molar-refractivity contribution in [2.45, 2.75) is 4.90 Å². The summed E-state index contributed by atoms with van der Waals surface area (Å²) in [4.78, 5) is 4.85. The topological polar surface area (TPSA) is 85.1 Å². The molecule has 5 nitrogen and oxygen atoms in total. The fourth-order valence-electron chi connectivity index (χ4n) is 1.33. The standard InChI is InChI=1S/C11H13N3O2S3/c12-9-2-1-3-10(8-9)17-6-7-19(15,16)14-11-13-4-5-18-11/h1-5,8H,6-7,12H2,(H,13,14). The average molecular weight is 315 g/mol. The molecular formula is C11H13N3O2S3. The minimum atomic E-state index is -3.34. The zero-order valence-electron chi connectivity index (χ0n) is 9.94. The molecule has 2 aromatic rings. The number of nitrogens with one attached hydrogen (secondary N) is 1. The Morgan fingerprint density at radius 2 is 2.26 bits per heavy atom. The van der Waals surface area contributed by atoms with Crippen LogP contribution in [0.15, 0.2) is 40.7 Å². The van der Waals surface area contributed by atoms with Gasteiger partial charge in [-0.05, 0) is 18.2 Å². The number of hydrogen-bond donors (Lipinski definition) is 2. The van der Waals surface area contributed by atoms with Crippen molar-refractivity contribution in [1.29, 1.82) is 0 Å². The number of nitrogen functional groups attached to an aromatic ring is 1. The number of thiazole rings is 1. The van der Waals surface area contributed by atoms with E-state index in [1.807, 2.05) is 18.2 Å². The van der Waals surface area contributed by atoms with Gasteiger partial charge in [-0.2, -0.15) is 0 Å². The van der Waals surface area contributed by atoms with Gasteiger partial charge >= 0.3 is 0 Å². The molecule has 0 atom stereocenters. The average Bonchev–Trinajstić information content (AvgIpc) is 2.80. The van der Waals surface area contributed by atoms with E-state index in [9.17, 15) is 8.42 Å². The Morgan fingerprint density at radius 1 is 1.42 bits per heavy atom. The lowest BCUT2D eigenvalue weighted by Gasteiger charge is -2.05. The number of sulfonamides is 1. The molecule has 0 unspecified atom stereocenters. The van der Waals surface area contributed by atoms with Crippen LogP contribution >= 0.6 is 23.1 Å². The lowest BCUT2D eigenvalue weighted by molar-refractivity contribution is 0.602. The Bertz CT molecular complexity index is 626. The van der Waals surface area contributed by atoms with Crippen molar-refractivity contribution >= 4 is 43.9 Å². The fraction of sp³-hybridized carbons (Fsp3) is 0.182. The lowest BCUT2D eigenvalue weighted by Crippen LogP contribution is -2.17. The monoisotopic (exact) mass is 315 g/mol. The molecule has 3 N–H and O–H groups in total. The quantitative estimate of drug-likeness (QED) is 0.631. The number of nitrogens with zero attached hydrogens (tertiary/aromatic N) is 1. The maximum absolute atomic E-state index is 11.8. The van der Waals surface area contributed by atoms with Crippen molar-refractivity contribution in [1.82, 2.24) is 4.98 Å². The first-order valence-electron chi connectivity index (χ1n) is 5.43. The van der Waals surface area contributed by atoms with Gasteiger partial charge in [0.05, 0.1) is 5.75 Å². The summed E-state index contributed by atoms with van der Waals surface area (Å²) in [5.41, 5.74) is 6.33. The third kappa shape index (κ3) is 4.73. The van der Waals surface area contributed by atoms with Crippen LogP contribution < -0.4 is 10.5 Å². The van der Waals surface area contributed by atoms with E-state index in [0.717, 1.165) is 4.90 Å². The summed E-state index contributed by atoms with van der Waals surface area (Å²) < 4.78 is 26.0. The molecular weight excluding hydrogens is 302 g/mol. The predicted molar refractivity (Wildman–Crippen MR) is 81.1 cm³/mol. The SMILES string of the molecule is Nc1cccc(SCCS(=O)(=O)Nc2nccs2)c1. The maximum Gasteiger partial charge on any atom is 0.235 e. The highest BCUT2D eigenvalue weighted by Gasteiger charge is 2.11. The van der Waals surface area contributed by atoms with E-state index in [-0.39, 0.29) is 5.75 Å². The van der Waals surface area contributed by atoms with Crippen molar-refractivity contribution in [3.63, 3.8) is 0 Å². The van der Waals surface area contributed by atoms with Gasteiger partial charge in [-0.1, -0.05) is 6.07 Å². The van der Waals surface area contributed by atoms with Gasteiger partial charge in [0.1, 0.15) is 0 Å². The Labute approximate surface area is 120 Å². The van der Waals surface area contributed by atoms with E-state index in [2.05, 4.69) is 9.71 Å². The number of benzene rings is 1. The summed E-state index contributed by atoms with van der Waals surface area (Å²) >= 11 is 2.71. The van der Waals surface area contributed by atoms with Crippen LogP contribution in [0.25, 0.3) is 0 Å². The molecule has 0 radical (unpaired) electrons. The van der Waals surface area contributed by atoms with E-state index in [1.54, 1.807) is 17.6 Å². The second-order valence-electron chi connectivity index (χ2n) is 3.68. The Hall–Kier alpha value is -1.25. The summed E-state index contributed by atoms with van der Waals surface area (Å²) in [7, 11) is -3.34. The fourth-order valence-corrected chi connectivity index (χ4v) is 4.54. The Morgan fingerprint density at radius 3 is 2.95 bits per heavy atom. The molecule has 0 saturated carbocycles. The van der Waals surface area contributed by atoms with Gasteiger partial charge in [0.15, 0.2) is 5.13 Å². The molecule has 0 aliphatic carbocycles. The predicted octanol–water partition coefficient (Wildman–Crippen LogP) is 2.26. The Balaban J connectivity index is 1.85. The molecule has 2 rings (SSSR count). The van der Waals surface area contributed by atoms with Crippen LogP contribution in [0.3, 0.4) is 0 Å². The van der Waals surface area contributed by atoms with E-state index in [4.69, 9.17) is 5.73 Å². The summed E-state index contributed by atoms with van der Waals surface area (Å²) in [5.74, 6) is 0.496.